The molecule has 1 fully saturated rings. The van der Waals surface area contributed by atoms with Gasteiger partial charge in [0.1, 0.15) is 0 Å². The number of hydrogen-bond donors (Lipinski definition) is 1. The van der Waals surface area contributed by atoms with Gasteiger partial charge in [-0.05, 0) is 60.9 Å². The average molecular weight is 477 g/mol. The first kappa shape index (κ1) is 23.3. The fourth-order valence-electron chi connectivity index (χ4n) is 4.65. The SMILES string of the molecule is Cl.O=c1[nH]c(C2=C[C@H](N3CCN(c4ccc(C(F)(F)F)cc4)CC3)CC2)cc2ncccc12. The van der Waals surface area contributed by atoms with Gasteiger partial charge in [0.05, 0.1) is 16.5 Å². The lowest BCUT2D eigenvalue weighted by Crippen LogP contribution is -2.49. The number of anilines is 1. The zero-order chi connectivity index (χ0) is 22.3. The summed E-state index contributed by atoms with van der Waals surface area (Å²) in [5.41, 5.74) is 2.73. The van der Waals surface area contributed by atoms with Crippen molar-refractivity contribution in [1.82, 2.24) is 14.9 Å². The number of halogens is 4. The van der Waals surface area contributed by atoms with Crippen LogP contribution in [0.1, 0.15) is 24.1 Å². The molecule has 0 radical (unpaired) electrons. The third-order valence-corrected chi connectivity index (χ3v) is 6.40. The Morgan fingerprint density at radius 3 is 2.45 bits per heavy atom. The number of fused-ring (bicyclic) bond motifs is 1. The molecule has 1 aromatic carbocycles. The third-order valence-electron chi connectivity index (χ3n) is 6.40. The van der Waals surface area contributed by atoms with E-state index in [4.69, 9.17) is 0 Å². The van der Waals surface area contributed by atoms with Gasteiger partial charge in [0.15, 0.2) is 0 Å². The van der Waals surface area contributed by atoms with Crippen molar-refractivity contribution >= 4 is 34.6 Å². The molecule has 0 saturated carbocycles. The van der Waals surface area contributed by atoms with Crippen LogP contribution in [0.2, 0.25) is 0 Å². The molecule has 5 nitrogen and oxygen atoms in total. The predicted molar refractivity (Wildman–Crippen MR) is 126 cm³/mol. The van der Waals surface area contributed by atoms with Gasteiger partial charge in [-0.25, -0.2) is 0 Å². The number of alkyl halides is 3. The second-order valence-electron chi connectivity index (χ2n) is 8.31. The molecule has 1 aliphatic heterocycles. The molecule has 9 heteroatoms. The molecule has 0 amide bonds. The molecule has 0 unspecified atom stereocenters. The topological polar surface area (TPSA) is 52.2 Å². The van der Waals surface area contributed by atoms with E-state index in [9.17, 15) is 18.0 Å². The third kappa shape index (κ3) is 4.77. The number of rotatable bonds is 3. The number of H-pyrrole nitrogens is 1. The standard InChI is InChI=1S/C24H23F3N4O.ClH/c25-24(26,27)17-4-7-18(8-5-17)30-10-12-31(13-11-30)19-6-3-16(14-19)21-15-22-20(23(32)29-21)2-1-9-28-22;/h1-2,4-5,7-9,14-15,19H,3,6,10-13H2,(H,29,32);1H/t19-;/m1./s1. The van der Waals surface area contributed by atoms with Gasteiger partial charge in [0, 0.05) is 49.8 Å². The summed E-state index contributed by atoms with van der Waals surface area (Å²) in [6.45, 7) is 3.21. The van der Waals surface area contributed by atoms with Crippen molar-refractivity contribution in [2.45, 2.75) is 25.1 Å². The van der Waals surface area contributed by atoms with Crippen molar-refractivity contribution in [1.29, 1.82) is 0 Å². The lowest BCUT2D eigenvalue weighted by atomic mass is 10.1. The van der Waals surface area contributed by atoms with Crippen molar-refractivity contribution in [2.75, 3.05) is 31.1 Å². The van der Waals surface area contributed by atoms with Crippen LogP contribution in [0.15, 0.2) is 59.5 Å². The Balaban J connectivity index is 0.00000259. The van der Waals surface area contributed by atoms with Gasteiger partial charge in [0.25, 0.3) is 5.56 Å². The van der Waals surface area contributed by atoms with E-state index < -0.39 is 11.7 Å². The second-order valence-corrected chi connectivity index (χ2v) is 8.31. The van der Waals surface area contributed by atoms with Crippen molar-refractivity contribution < 1.29 is 13.2 Å². The lowest BCUT2D eigenvalue weighted by molar-refractivity contribution is -0.137. The molecular weight excluding hydrogens is 453 g/mol. The molecule has 1 atom stereocenters. The molecule has 3 heterocycles. The minimum atomic E-state index is -4.31. The molecular formula is C24H24ClF3N4O. The van der Waals surface area contributed by atoms with Crippen molar-refractivity contribution in [3.8, 4) is 0 Å². The summed E-state index contributed by atoms with van der Waals surface area (Å²) < 4.78 is 38.4. The highest BCUT2D eigenvalue weighted by molar-refractivity contribution is 5.85. The summed E-state index contributed by atoms with van der Waals surface area (Å²) in [5.74, 6) is 0. The van der Waals surface area contributed by atoms with E-state index in [0.29, 0.717) is 16.9 Å². The first-order chi connectivity index (χ1) is 15.4. The summed E-state index contributed by atoms with van der Waals surface area (Å²) in [7, 11) is 0. The Hall–Kier alpha value is -2.84. The maximum absolute atomic E-state index is 12.8. The minimum Gasteiger partial charge on any atom is -0.369 e. The number of allylic oxidation sites excluding steroid dienone is 1. The number of aromatic amines is 1. The van der Waals surface area contributed by atoms with Gasteiger partial charge in [-0.15, -0.1) is 12.4 Å². The number of piperazine rings is 1. The van der Waals surface area contributed by atoms with Crippen molar-refractivity contribution in [3.63, 3.8) is 0 Å². The van der Waals surface area contributed by atoms with Gasteiger partial charge >= 0.3 is 6.18 Å². The molecule has 1 N–H and O–H groups in total. The van der Waals surface area contributed by atoms with Crippen LogP contribution in [0.3, 0.4) is 0 Å². The largest absolute Gasteiger partial charge is 0.416 e. The van der Waals surface area contributed by atoms with Crippen LogP contribution >= 0.6 is 12.4 Å². The van der Waals surface area contributed by atoms with Crippen LogP contribution in [0, 0.1) is 0 Å². The predicted octanol–water partition coefficient (Wildman–Crippen LogP) is 4.73. The molecule has 5 rings (SSSR count). The molecule has 1 saturated heterocycles. The molecule has 33 heavy (non-hydrogen) atoms. The number of hydrogen-bond acceptors (Lipinski definition) is 4. The molecule has 0 spiro atoms. The van der Waals surface area contributed by atoms with Gasteiger partial charge in [-0.2, -0.15) is 13.2 Å². The van der Waals surface area contributed by atoms with E-state index in [-0.39, 0.29) is 18.0 Å². The van der Waals surface area contributed by atoms with E-state index in [2.05, 4.69) is 25.8 Å². The number of aromatic nitrogens is 2. The zero-order valence-electron chi connectivity index (χ0n) is 17.8. The summed E-state index contributed by atoms with van der Waals surface area (Å²) in [6.07, 6.45) is 1.48. The molecule has 3 aromatic rings. The monoisotopic (exact) mass is 476 g/mol. The number of nitrogens with one attached hydrogen (secondary N) is 1. The van der Waals surface area contributed by atoms with E-state index in [1.165, 1.54) is 0 Å². The van der Waals surface area contributed by atoms with Gasteiger partial charge in [-0.1, -0.05) is 6.08 Å². The zero-order valence-corrected chi connectivity index (χ0v) is 18.6. The van der Waals surface area contributed by atoms with Crippen LogP contribution in [-0.4, -0.2) is 47.1 Å². The van der Waals surface area contributed by atoms with E-state index >= 15 is 0 Å². The Labute approximate surface area is 195 Å². The Morgan fingerprint density at radius 2 is 1.76 bits per heavy atom. The number of pyridine rings is 2. The van der Waals surface area contributed by atoms with Gasteiger partial charge < -0.3 is 9.88 Å². The van der Waals surface area contributed by atoms with Crippen LogP contribution in [0.25, 0.3) is 16.5 Å². The Bertz CT molecular complexity index is 1210. The summed E-state index contributed by atoms with van der Waals surface area (Å²) >= 11 is 0. The van der Waals surface area contributed by atoms with Crippen LogP contribution in [0.5, 0.6) is 0 Å². The summed E-state index contributed by atoms with van der Waals surface area (Å²) in [5, 5.41) is 0.589. The van der Waals surface area contributed by atoms with Crippen molar-refractivity contribution in [3.05, 3.63) is 76.3 Å². The van der Waals surface area contributed by atoms with E-state index in [1.54, 1.807) is 30.5 Å². The second kappa shape index (κ2) is 9.19. The Kier molecular flexibility index (Phi) is 6.50. The highest BCUT2D eigenvalue weighted by Gasteiger charge is 2.31. The molecule has 174 valence electrons. The van der Waals surface area contributed by atoms with Crippen LogP contribution in [-0.2, 0) is 6.18 Å². The molecule has 2 aromatic heterocycles. The fraction of sp³-hybridized carbons (Fsp3) is 0.333. The highest BCUT2D eigenvalue weighted by Crippen LogP contribution is 2.32. The lowest BCUT2D eigenvalue weighted by Gasteiger charge is -2.38. The van der Waals surface area contributed by atoms with E-state index in [1.807, 2.05) is 6.07 Å². The number of nitrogens with zero attached hydrogens (tertiary/aromatic N) is 3. The van der Waals surface area contributed by atoms with Crippen LogP contribution in [0.4, 0.5) is 18.9 Å². The molecule has 2 aliphatic rings. The summed E-state index contributed by atoms with van der Waals surface area (Å²) in [6, 6.07) is 11.2. The average Bonchev–Trinajstić information content (AvgIpc) is 3.29. The van der Waals surface area contributed by atoms with Gasteiger partial charge in [-0.3, -0.25) is 14.7 Å². The van der Waals surface area contributed by atoms with E-state index in [0.717, 1.165) is 68.1 Å². The van der Waals surface area contributed by atoms with Gasteiger partial charge in [0.2, 0.25) is 0 Å². The minimum absolute atomic E-state index is 0. The molecule has 0 bridgehead atoms. The summed E-state index contributed by atoms with van der Waals surface area (Å²) in [4.78, 5) is 24.2. The van der Waals surface area contributed by atoms with Crippen LogP contribution < -0.4 is 10.5 Å². The quantitative estimate of drug-likeness (QED) is 0.593. The smallest absolute Gasteiger partial charge is 0.369 e. The fourth-order valence-corrected chi connectivity index (χ4v) is 4.65. The first-order valence-electron chi connectivity index (χ1n) is 10.7. The molecule has 1 aliphatic carbocycles. The van der Waals surface area contributed by atoms with Crippen molar-refractivity contribution in [2.24, 2.45) is 0 Å². The maximum atomic E-state index is 12.8. The Morgan fingerprint density at radius 1 is 1.03 bits per heavy atom. The number of benzene rings is 1. The normalized spacial score (nSPS) is 19.4. The first-order valence-corrected chi connectivity index (χ1v) is 10.7. The maximum Gasteiger partial charge on any atom is 0.416 e. The highest BCUT2D eigenvalue weighted by atomic mass is 35.5.